The molecule has 58 heavy (non-hydrogen) atoms. The van der Waals surface area contributed by atoms with Crippen molar-refractivity contribution in [2.45, 2.75) is 104 Å². The summed E-state index contributed by atoms with van der Waals surface area (Å²) in [6.45, 7) is 8.80. The fourth-order valence-electron chi connectivity index (χ4n) is 7.11. The van der Waals surface area contributed by atoms with Crippen LogP contribution in [0.25, 0.3) is 21.5 Å². The number of nitrogens with one attached hydrogen (secondary N) is 4. The zero-order valence-corrected chi connectivity index (χ0v) is 34.3. The van der Waals surface area contributed by atoms with Crippen molar-refractivity contribution in [3.8, 4) is 0 Å². The largest absolute Gasteiger partial charge is 0.390 e. The number of unbranched alkanes of at least 4 members (excludes halogenated alkanes) is 2. The van der Waals surface area contributed by atoms with Crippen molar-refractivity contribution >= 4 is 45.2 Å². The van der Waals surface area contributed by atoms with Gasteiger partial charge in [-0.2, -0.15) is 0 Å². The number of aliphatic hydroxyl groups excluding tert-OH is 1. The van der Waals surface area contributed by atoms with Gasteiger partial charge in [0, 0.05) is 19.0 Å². The quantitative estimate of drug-likeness (QED) is 0.0173. The van der Waals surface area contributed by atoms with Crippen molar-refractivity contribution in [2.75, 3.05) is 13.1 Å². The SMILES string of the molecule is CCC(C)CNC(=O)CC(O)C(CC(C)C)NC(=O)C(CCCCCN=C(N)N[N+](=O)[O-])NC(=O)C(Cc1ccc2ccccc2c1)Cc1cccc2ccccc12. The Morgan fingerprint density at radius 3 is 2.28 bits per heavy atom. The highest BCUT2D eigenvalue weighted by Gasteiger charge is 2.31. The predicted molar refractivity (Wildman–Crippen MR) is 230 cm³/mol. The van der Waals surface area contributed by atoms with Gasteiger partial charge in [0.05, 0.1) is 18.6 Å². The van der Waals surface area contributed by atoms with Crippen LogP contribution in [0.4, 0.5) is 0 Å². The summed E-state index contributed by atoms with van der Waals surface area (Å²) in [5.41, 5.74) is 9.40. The Hall–Kier alpha value is -5.56. The molecule has 0 saturated heterocycles. The Kier molecular flexibility index (Phi) is 17.9. The maximum Gasteiger partial charge on any atom is 0.251 e. The van der Waals surface area contributed by atoms with Gasteiger partial charge < -0.3 is 26.8 Å². The average Bonchev–Trinajstić information content (AvgIpc) is 3.19. The van der Waals surface area contributed by atoms with Gasteiger partial charge in [-0.25, -0.2) is 15.1 Å². The molecule has 7 N–H and O–H groups in total. The molecule has 3 amide bonds. The van der Waals surface area contributed by atoms with Crippen LogP contribution in [0, 0.1) is 27.9 Å². The van der Waals surface area contributed by atoms with E-state index in [2.05, 4.69) is 51.3 Å². The van der Waals surface area contributed by atoms with Crippen LogP contribution >= 0.6 is 0 Å². The van der Waals surface area contributed by atoms with Gasteiger partial charge in [-0.3, -0.25) is 14.4 Å². The van der Waals surface area contributed by atoms with E-state index in [0.717, 1.165) is 39.1 Å². The molecule has 4 aromatic rings. The van der Waals surface area contributed by atoms with Gasteiger partial charge >= 0.3 is 0 Å². The molecule has 13 nitrogen and oxygen atoms in total. The molecular weight excluding hydrogens is 735 g/mol. The number of benzene rings is 4. The van der Waals surface area contributed by atoms with Crippen LogP contribution in [-0.2, 0) is 27.2 Å². The summed E-state index contributed by atoms with van der Waals surface area (Å²) in [7, 11) is 0. The van der Waals surface area contributed by atoms with Crippen LogP contribution in [0.5, 0.6) is 0 Å². The Bertz CT molecular complexity index is 2000. The number of fused-ring (bicyclic) bond motifs is 2. The summed E-state index contributed by atoms with van der Waals surface area (Å²) >= 11 is 0. The summed E-state index contributed by atoms with van der Waals surface area (Å²) in [5, 5.41) is 34.5. The van der Waals surface area contributed by atoms with Gasteiger partial charge in [0.1, 0.15) is 6.04 Å². The molecule has 5 unspecified atom stereocenters. The number of aliphatic hydroxyl groups is 1. The number of nitrogens with two attached hydrogens (primary N) is 1. The standard InChI is InChI=1S/C45H61N7O6/c1-5-31(4)29-48-42(54)28-41(53)40(24-30(2)3)50-44(56)39(20-7-6-12-23-47-45(46)51-52(57)58)49-43(55)37(26-32-21-22-33-14-8-9-16-35(33)25-32)27-36-18-13-17-34-15-10-11-19-38(34)36/h8-11,13-19,21-22,25,30-31,37,39-41,53H,5-7,12,20,23-24,26-29H2,1-4H3,(H,48,54)(H,49,55)(H,50,56)(H3,46,47,51). The molecule has 312 valence electrons. The van der Waals surface area contributed by atoms with Crippen LogP contribution in [0.3, 0.4) is 0 Å². The maximum absolute atomic E-state index is 14.6. The molecule has 0 aliphatic carbocycles. The number of hydrogen-bond donors (Lipinski definition) is 6. The molecule has 0 aliphatic rings. The van der Waals surface area contributed by atoms with E-state index in [9.17, 15) is 29.6 Å². The Morgan fingerprint density at radius 2 is 1.55 bits per heavy atom. The minimum atomic E-state index is -1.14. The third-order valence-electron chi connectivity index (χ3n) is 10.5. The zero-order chi connectivity index (χ0) is 42.0. The Balaban J connectivity index is 1.58. The van der Waals surface area contributed by atoms with E-state index in [1.54, 1.807) is 0 Å². The van der Waals surface area contributed by atoms with Crippen molar-refractivity contribution in [2.24, 2.45) is 28.5 Å². The fraction of sp³-hybridized carbons (Fsp3) is 0.467. The zero-order valence-electron chi connectivity index (χ0n) is 34.3. The number of guanidine groups is 1. The first kappa shape index (κ1) is 45.1. The molecule has 0 saturated carbocycles. The van der Waals surface area contributed by atoms with Crippen molar-refractivity contribution < 1.29 is 24.5 Å². The van der Waals surface area contributed by atoms with E-state index in [1.165, 1.54) is 0 Å². The third-order valence-corrected chi connectivity index (χ3v) is 10.5. The Labute approximate surface area is 341 Å². The van der Waals surface area contributed by atoms with Gasteiger partial charge in [-0.1, -0.05) is 137 Å². The van der Waals surface area contributed by atoms with E-state index in [0.29, 0.717) is 57.4 Å². The summed E-state index contributed by atoms with van der Waals surface area (Å²) in [6, 6.07) is 26.8. The molecule has 4 aromatic carbocycles. The highest BCUT2D eigenvalue weighted by Crippen LogP contribution is 2.25. The highest BCUT2D eigenvalue weighted by atomic mass is 16.7. The number of rotatable bonds is 23. The second-order valence-electron chi connectivity index (χ2n) is 15.8. The molecular formula is C45H61N7O6. The minimum Gasteiger partial charge on any atom is -0.390 e. The monoisotopic (exact) mass is 795 g/mol. The van der Waals surface area contributed by atoms with E-state index in [1.807, 2.05) is 87.7 Å². The molecule has 0 radical (unpaired) electrons. The first-order chi connectivity index (χ1) is 27.8. The molecule has 0 aliphatic heterocycles. The number of carbonyl (C=O) groups excluding carboxylic acids is 3. The minimum absolute atomic E-state index is 0.0981. The van der Waals surface area contributed by atoms with E-state index in [4.69, 9.17) is 5.73 Å². The maximum atomic E-state index is 14.6. The summed E-state index contributed by atoms with van der Waals surface area (Å²) in [6.07, 6.45) is 2.89. The molecule has 0 aromatic heterocycles. The van der Waals surface area contributed by atoms with E-state index >= 15 is 0 Å². The van der Waals surface area contributed by atoms with Crippen molar-refractivity contribution in [3.05, 3.63) is 106 Å². The van der Waals surface area contributed by atoms with Crippen LogP contribution < -0.4 is 27.1 Å². The lowest BCUT2D eigenvalue weighted by Gasteiger charge is -2.29. The molecule has 0 heterocycles. The molecule has 0 fully saturated rings. The van der Waals surface area contributed by atoms with Crippen LogP contribution in [-0.4, -0.2) is 65.1 Å². The smallest absolute Gasteiger partial charge is 0.251 e. The van der Waals surface area contributed by atoms with Crippen molar-refractivity contribution in [1.82, 2.24) is 21.4 Å². The van der Waals surface area contributed by atoms with Gasteiger partial charge in [-0.15, -0.1) is 0 Å². The lowest BCUT2D eigenvalue weighted by atomic mass is 9.88. The topological polar surface area (TPSA) is 201 Å². The van der Waals surface area contributed by atoms with Crippen molar-refractivity contribution in [1.29, 1.82) is 0 Å². The van der Waals surface area contributed by atoms with E-state index < -0.39 is 35.0 Å². The number of carbonyl (C=O) groups is 3. The molecule has 4 rings (SSSR count). The molecule has 13 heteroatoms. The van der Waals surface area contributed by atoms with Crippen LogP contribution in [0.2, 0.25) is 0 Å². The first-order valence-electron chi connectivity index (χ1n) is 20.5. The lowest BCUT2D eigenvalue weighted by Crippen LogP contribution is -2.54. The number of nitro groups is 1. The van der Waals surface area contributed by atoms with Gasteiger partial charge in [0.2, 0.25) is 17.7 Å². The lowest BCUT2D eigenvalue weighted by molar-refractivity contribution is -0.525. The number of amides is 3. The summed E-state index contributed by atoms with van der Waals surface area (Å²) in [4.78, 5) is 56.2. The predicted octanol–water partition coefficient (Wildman–Crippen LogP) is 5.98. The van der Waals surface area contributed by atoms with Crippen LogP contribution in [0.15, 0.2) is 89.9 Å². The average molecular weight is 796 g/mol. The van der Waals surface area contributed by atoms with Gasteiger partial charge in [0.15, 0.2) is 5.03 Å². The van der Waals surface area contributed by atoms with Gasteiger partial charge in [0.25, 0.3) is 5.96 Å². The van der Waals surface area contributed by atoms with E-state index in [-0.39, 0.29) is 36.7 Å². The summed E-state index contributed by atoms with van der Waals surface area (Å²) < 4.78 is 0. The normalized spacial score (nSPS) is 14.3. The highest BCUT2D eigenvalue weighted by molar-refractivity contribution is 5.90. The number of nitrogens with zero attached hydrogens (tertiary/aromatic N) is 2. The fourth-order valence-corrected chi connectivity index (χ4v) is 7.11. The first-order valence-corrected chi connectivity index (χ1v) is 20.5. The summed E-state index contributed by atoms with van der Waals surface area (Å²) in [5.74, 6) is -1.42. The third kappa shape index (κ3) is 14.7. The second-order valence-corrected chi connectivity index (χ2v) is 15.8. The number of hydrogen-bond acceptors (Lipinski definition) is 7. The molecule has 0 spiro atoms. The molecule has 5 atom stereocenters. The van der Waals surface area contributed by atoms with Gasteiger partial charge in [-0.05, 0) is 76.6 Å². The molecule has 0 bridgehead atoms. The number of hydrazine groups is 1. The second kappa shape index (κ2) is 23.0. The number of aliphatic imine (C=N–C) groups is 1. The van der Waals surface area contributed by atoms with Crippen molar-refractivity contribution in [3.63, 3.8) is 0 Å². The Morgan fingerprint density at radius 1 is 0.845 bits per heavy atom. The van der Waals surface area contributed by atoms with Crippen LogP contribution in [0.1, 0.15) is 83.8 Å².